The molecule has 0 saturated carbocycles. The van der Waals surface area contributed by atoms with E-state index in [9.17, 15) is 14.9 Å². The molecule has 2 saturated heterocycles. The predicted octanol–water partition coefficient (Wildman–Crippen LogP) is 0.743. The van der Waals surface area contributed by atoms with Crippen molar-refractivity contribution in [3.8, 4) is 6.07 Å². The fraction of sp³-hybridized carbons (Fsp3) is 0.706. The molecule has 2 fully saturated rings. The third-order valence-corrected chi connectivity index (χ3v) is 5.08. The Morgan fingerprint density at radius 1 is 1.17 bits per heavy atom. The molecule has 2 heterocycles. The van der Waals surface area contributed by atoms with Gasteiger partial charge in [-0.1, -0.05) is 0 Å². The van der Waals surface area contributed by atoms with Crippen LogP contribution in [0.25, 0.3) is 0 Å². The van der Waals surface area contributed by atoms with Gasteiger partial charge in [0.1, 0.15) is 11.6 Å². The number of hydrogen-bond acceptors (Lipinski definition) is 5. The van der Waals surface area contributed by atoms with E-state index in [1.807, 2.05) is 18.0 Å². The van der Waals surface area contributed by atoms with Crippen LogP contribution in [-0.4, -0.2) is 78.0 Å². The normalized spacial score (nSPS) is 21.4. The first-order valence-corrected chi connectivity index (χ1v) is 8.47. The lowest BCUT2D eigenvalue weighted by molar-refractivity contribution is -0.145. The number of amides is 1. The van der Waals surface area contributed by atoms with E-state index in [1.165, 1.54) is 0 Å². The summed E-state index contributed by atoms with van der Waals surface area (Å²) in [6.07, 6.45) is 4.58. The van der Waals surface area contributed by atoms with E-state index >= 15 is 0 Å². The molecule has 2 rings (SSSR count). The maximum atomic E-state index is 12.5. The molecule has 7 heteroatoms. The fourth-order valence-corrected chi connectivity index (χ4v) is 3.34. The Morgan fingerprint density at radius 2 is 1.75 bits per heavy atom. The molecule has 1 amide bonds. The zero-order valence-corrected chi connectivity index (χ0v) is 14.4. The summed E-state index contributed by atoms with van der Waals surface area (Å²) in [7, 11) is 4.01. The lowest BCUT2D eigenvalue weighted by Gasteiger charge is -2.35. The van der Waals surface area contributed by atoms with Crippen LogP contribution < -0.4 is 0 Å². The minimum atomic E-state index is -0.805. The standard InChI is InChI=1S/C17H26N4O3/c1-19-7-5-15(6-8-19)20(2)12-14(11-18)16(22)21-9-3-13(4-10-21)17(23)24/h12-13,15H,3-10H2,1-2H3,(H,23,24)/b14-12-. The number of rotatable bonds is 4. The molecule has 7 nitrogen and oxygen atoms in total. The molecule has 0 atom stereocenters. The average molecular weight is 334 g/mol. The molecule has 1 N–H and O–H groups in total. The maximum Gasteiger partial charge on any atom is 0.306 e. The molecule has 0 aromatic heterocycles. The number of carboxylic acids is 1. The van der Waals surface area contributed by atoms with Crippen LogP contribution in [0.4, 0.5) is 0 Å². The van der Waals surface area contributed by atoms with Crippen molar-refractivity contribution < 1.29 is 14.7 Å². The summed E-state index contributed by atoms with van der Waals surface area (Å²) in [6, 6.07) is 2.36. The molecule has 2 aliphatic rings. The number of carbonyl (C=O) groups is 2. The smallest absolute Gasteiger partial charge is 0.306 e. The molecule has 0 spiro atoms. The second-order valence-corrected chi connectivity index (χ2v) is 6.76. The van der Waals surface area contributed by atoms with Crippen molar-refractivity contribution in [2.75, 3.05) is 40.3 Å². The highest BCUT2D eigenvalue weighted by molar-refractivity contribution is 5.97. The molecule has 0 bridgehead atoms. The van der Waals surface area contributed by atoms with Crippen molar-refractivity contribution in [3.63, 3.8) is 0 Å². The van der Waals surface area contributed by atoms with E-state index in [-0.39, 0.29) is 17.4 Å². The fourth-order valence-electron chi connectivity index (χ4n) is 3.34. The first-order valence-electron chi connectivity index (χ1n) is 8.47. The van der Waals surface area contributed by atoms with Gasteiger partial charge in [0.2, 0.25) is 0 Å². The van der Waals surface area contributed by atoms with Crippen LogP contribution in [0.3, 0.4) is 0 Å². The summed E-state index contributed by atoms with van der Waals surface area (Å²) < 4.78 is 0. The highest BCUT2D eigenvalue weighted by Crippen LogP contribution is 2.20. The molecule has 0 aliphatic carbocycles. The third kappa shape index (κ3) is 4.48. The molecular formula is C17H26N4O3. The Bertz CT molecular complexity index is 539. The van der Waals surface area contributed by atoms with E-state index in [0.29, 0.717) is 32.0 Å². The highest BCUT2D eigenvalue weighted by Gasteiger charge is 2.29. The van der Waals surface area contributed by atoms with Crippen molar-refractivity contribution in [1.82, 2.24) is 14.7 Å². The predicted molar refractivity (Wildman–Crippen MR) is 88.9 cm³/mol. The zero-order chi connectivity index (χ0) is 17.7. The van der Waals surface area contributed by atoms with Gasteiger partial charge in [0.15, 0.2) is 0 Å². The second kappa shape index (κ2) is 8.15. The summed E-state index contributed by atoms with van der Waals surface area (Å²) in [5.74, 6) is -1.48. The van der Waals surface area contributed by atoms with Crippen molar-refractivity contribution in [1.29, 1.82) is 5.26 Å². The second-order valence-electron chi connectivity index (χ2n) is 6.76. The van der Waals surface area contributed by atoms with Crippen molar-refractivity contribution in [2.24, 2.45) is 5.92 Å². The van der Waals surface area contributed by atoms with Crippen LogP contribution in [0.2, 0.25) is 0 Å². The number of nitrogens with zero attached hydrogens (tertiary/aromatic N) is 4. The van der Waals surface area contributed by atoms with Gasteiger partial charge in [0.25, 0.3) is 5.91 Å². The summed E-state index contributed by atoms with van der Waals surface area (Å²) >= 11 is 0. The summed E-state index contributed by atoms with van der Waals surface area (Å²) in [4.78, 5) is 29.4. The minimum absolute atomic E-state index is 0.130. The van der Waals surface area contributed by atoms with Gasteiger partial charge in [-0.15, -0.1) is 0 Å². The van der Waals surface area contributed by atoms with Crippen LogP contribution in [0.15, 0.2) is 11.8 Å². The summed E-state index contributed by atoms with van der Waals surface area (Å²) in [5.41, 5.74) is 0.130. The van der Waals surface area contributed by atoms with Gasteiger partial charge in [0, 0.05) is 32.4 Å². The van der Waals surface area contributed by atoms with Crippen LogP contribution in [0.5, 0.6) is 0 Å². The van der Waals surface area contributed by atoms with Crippen LogP contribution in [0.1, 0.15) is 25.7 Å². The first-order chi connectivity index (χ1) is 11.4. The van der Waals surface area contributed by atoms with E-state index in [2.05, 4.69) is 11.9 Å². The van der Waals surface area contributed by atoms with Gasteiger partial charge in [-0.2, -0.15) is 5.26 Å². The zero-order valence-electron chi connectivity index (χ0n) is 14.4. The number of hydrogen-bond donors (Lipinski definition) is 1. The number of aliphatic carboxylic acids is 1. The Balaban J connectivity index is 1.96. The van der Waals surface area contributed by atoms with E-state index < -0.39 is 5.97 Å². The van der Waals surface area contributed by atoms with Crippen molar-refractivity contribution in [3.05, 3.63) is 11.8 Å². The molecule has 24 heavy (non-hydrogen) atoms. The lowest BCUT2D eigenvalue weighted by atomic mass is 9.96. The first kappa shape index (κ1) is 18.3. The van der Waals surface area contributed by atoms with Gasteiger partial charge < -0.3 is 19.8 Å². The highest BCUT2D eigenvalue weighted by atomic mass is 16.4. The van der Waals surface area contributed by atoms with Gasteiger partial charge in [-0.3, -0.25) is 9.59 Å². The van der Waals surface area contributed by atoms with Crippen LogP contribution in [-0.2, 0) is 9.59 Å². The van der Waals surface area contributed by atoms with E-state index in [4.69, 9.17) is 5.11 Å². The molecule has 132 valence electrons. The maximum absolute atomic E-state index is 12.5. The lowest BCUT2D eigenvalue weighted by Crippen LogP contribution is -2.42. The number of carboxylic acid groups (broad SMARTS) is 1. The number of likely N-dealkylation sites (tertiary alicyclic amines) is 2. The Hall–Kier alpha value is -2.07. The Labute approximate surface area is 143 Å². The van der Waals surface area contributed by atoms with E-state index in [1.54, 1.807) is 11.1 Å². The number of carbonyl (C=O) groups excluding carboxylic acids is 1. The number of piperidine rings is 2. The summed E-state index contributed by atoms with van der Waals surface area (Å²) in [6.45, 7) is 2.82. The Morgan fingerprint density at radius 3 is 2.25 bits per heavy atom. The number of nitriles is 1. The molecule has 0 aromatic rings. The van der Waals surface area contributed by atoms with Gasteiger partial charge in [-0.25, -0.2) is 0 Å². The Kier molecular flexibility index (Phi) is 6.21. The molecule has 2 aliphatic heterocycles. The third-order valence-electron chi connectivity index (χ3n) is 5.08. The summed E-state index contributed by atoms with van der Waals surface area (Å²) in [5, 5.41) is 18.4. The topological polar surface area (TPSA) is 87.9 Å². The van der Waals surface area contributed by atoms with Gasteiger partial charge in [0.05, 0.1) is 5.92 Å². The minimum Gasteiger partial charge on any atom is -0.481 e. The van der Waals surface area contributed by atoms with Gasteiger partial charge >= 0.3 is 5.97 Å². The average Bonchev–Trinajstić information content (AvgIpc) is 2.59. The van der Waals surface area contributed by atoms with Gasteiger partial charge in [-0.05, 0) is 45.8 Å². The van der Waals surface area contributed by atoms with Crippen LogP contribution >= 0.6 is 0 Å². The van der Waals surface area contributed by atoms with Crippen molar-refractivity contribution >= 4 is 11.9 Å². The molecule has 0 unspecified atom stereocenters. The molecule has 0 aromatic carbocycles. The van der Waals surface area contributed by atoms with Crippen LogP contribution in [0, 0.1) is 17.2 Å². The van der Waals surface area contributed by atoms with Crippen molar-refractivity contribution in [2.45, 2.75) is 31.7 Å². The van der Waals surface area contributed by atoms with E-state index in [0.717, 1.165) is 25.9 Å². The molecular weight excluding hydrogens is 308 g/mol. The SMILES string of the molecule is CN1CCC(N(C)/C=C(/C#N)C(=O)N2CCC(C(=O)O)CC2)CC1. The monoisotopic (exact) mass is 334 g/mol. The largest absolute Gasteiger partial charge is 0.481 e. The quantitative estimate of drug-likeness (QED) is 0.603. The molecule has 0 radical (unpaired) electrons.